The van der Waals surface area contributed by atoms with Gasteiger partial charge in [-0.05, 0) is 53.6 Å². The van der Waals surface area contributed by atoms with Crippen molar-refractivity contribution in [1.82, 2.24) is 5.32 Å². The molecule has 37 heavy (non-hydrogen) atoms. The van der Waals surface area contributed by atoms with Crippen molar-refractivity contribution >= 4 is 27.7 Å². The molecule has 1 atom stereocenters. The molecule has 5 rings (SSSR count). The van der Waals surface area contributed by atoms with Gasteiger partial charge in [0.2, 0.25) is 12.7 Å². The quantitative estimate of drug-likeness (QED) is 0.360. The molecule has 1 amide bonds. The Morgan fingerprint density at radius 3 is 2.68 bits per heavy atom. The number of fused-ring (bicyclic) bond motifs is 1. The lowest BCUT2D eigenvalue weighted by Gasteiger charge is -2.24. The summed E-state index contributed by atoms with van der Waals surface area (Å²) in [7, 11) is 0. The minimum Gasteiger partial charge on any atom is -0.494 e. The molecule has 192 valence electrons. The van der Waals surface area contributed by atoms with Crippen LogP contribution in [0.15, 0.2) is 76.2 Å². The summed E-state index contributed by atoms with van der Waals surface area (Å²) < 4.78 is 23.3. The van der Waals surface area contributed by atoms with Crippen molar-refractivity contribution in [3.05, 3.63) is 87.9 Å². The number of carbonyl (C=O) groups excluding carboxylic acids is 1. The zero-order valence-corrected chi connectivity index (χ0v) is 21.7. The number of hydrogen-bond donors (Lipinski definition) is 2. The number of rotatable bonds is 10. The lowest BCUT2D eigenvalue weighted by Crippen LogP contribution is -2.48. The second-order valence-corrected chi connectivity index (χ2v) is 9.68. The molecule has 0 unspecified atom stereocenters. The normalized spacial score (nSPS) is 17.7. The van der Waals surface area contributed by atoms with E-state index in [0.29, 0.717) is 49.1 Å². The van der Waals surface area contributed by atoms with E-state index in [1.54, 1.807) is 0 Å². The smallest absolute Gasteiger partial charge is 0.252 e. The van der Waals surface area contributed by atoms with Gasteiger partial charge in [-0.2, -0.15) is 0 Å². The van der Waals surface area contributed by atoms with Crippen molar-refractivity contribution in [3.8, 4) is 17.2 Å². The van der Waals surface area contributed by atoms with E-state index in [9.17, 15) is 4.79 Å². The van der Waals surface area contributed by atoms with Gasteiger partial charge in [-0.1, -0.05) is 40.2 Å². The summed E-state index contributed by atoms with van der Waals surface area (Å²) in [4.78, 5) is 18.5. The maximum atomic E-state index is 13.7. The predicted octanol–water partition coefficient (Wildman–Crippen LogP) is 4.01. The van der Waals surface area contributed by atoms with E-state index < -0.39 is 5.54 Å². The lowest BCUT2D eigenvalue weighted by atomic mass is 9.91. The van der Waals surface area contributed by atoms with Crippen LogP contribution < -0.4 is 19.5 Å². The van der Waals surface area contributed by atoms with Gasteiger partial charge in [0, 0.05) is 36.0 Å². The second kappa shape index (κ2) is 11.2. The summed E-state index contributed by atoms with van der Waals surface area (Å²) in [6, 6.07) is 20.8. The Hall–Kier alpha value is -3.56. The minimum absolute atomic E-state index is 0.0824. The van der Waals surface area contributed by atoms with Crippen LogP contribution in [-0.2, 0) is 22.5 Å². The van der Waals surface area contributed by atoms with E-state index in [1.807, 2.05) is 66.7 Å². The third-order valence-electron chi connectivity index (χ3n) is 6.19. The molecule has 8 nitrogen and oxygen atoms in total. The number of benzene rings is 3. The fraction of sp³-hybridized carbons (Fsp3) is 0.286. The number of hydrogen-bond acceptors (Lipinski definition) is 7. The van der Waals surface area contributed by atoms with E-state index in [2.05, 4.69) is 21.2 Å². The molecule has 0 radical (unpaired) electrons. The van der Waals surface area contributed by atoms with Gasteiger partial charge in [0.15, 0.2) is 17.0 Å². The van der Waals surface area contributed by atoms with Crippen LogP contribution in [0.5, 0.6) is 17.2 Å². The first kappa shape index (κ1) is 25.1. The average molecular weight is 567 g/mol. The number of halogens is 1. The summed E-state index contributed by atoms with van der Waals surface area (Å²) in [5, 5.41) is 12.0. The highest BCUT2D eigenvalue weighted by atomic mass is 79.9. The van der Waals surface area contributed by atoms with Crippen molar-refractivity contribution in [2.45, 2.75) is 24.9 Å². The van der Waals surface area contributed by atoms with Gasteiger partial charge in [-0.15, -0.1) is 0 Å². The maximum absolute atomic E-state index is 13.7. The van der Waals surface area contributed by atoms with E-state index in [0.717, 1.165) is 21.2 Å². The first-order chi connectivity index (χ1) is 18.1. The highest BCUT2D eigenvalue weighted by Gasteiger charge is 2.44. The highest BCUT2D eigenvalue weighted by Crippen LogP contribution is 2.33. The average Bonchev–Trinajstić information content (AvgIpc) is 3.57. The molecule has 0 saturated heterocycles. The zero-order valence-electron chi connectivity index (χ0n) is 20.1. The largest absolute Gasteiger partial charge is 0.494 e. The van der Waals surface area contributed by atoms with Gasteiger partial charge in [0.1, 0.15) is 12.4 Å². The maximum Gasteiger partial charge on any atom is 0.252 e. The predicted molar refractivity (Wildman–Crippen MR) is 141 cm³/mol. The second-order valence-electron chi connectivity index (χ2n) is 8.83. The molecular formula is C28H27BrN2O6. The van der Waals surface area contributed by atoms with Gasteiger partial charge in [0.25, 0.3) is 5.91 Å². The zero-order chi connectivity index (χ0) is 25.7. The van der Waals surface area contributed by atoms with Crippen LogP contribution in [0, 0.1) is 0 Å². The van der Waals surface area contributed by atoms with Crippen molar-refractivity contribution in [2.75, 3.05) is 26.6 Å². The Labute approximate surface area is 223 Å². The SMILES string of the molecule is O=C(NCc1ccc2c(c1)OCO2)[C@@]1(Cc2ccccc2Br)COC(c2ccc(OCCCO)cc2)=N1. The number of ether oxygens (including phenoxy) is 4. The third kappa shape index (κ3) is 5.73. The van der Waals surface area contributed by atoms with Gasteiger partial charge in [-0.3, -0.25) is 4.79 Å². The van der Waals surface area contributed by atoms with Crippen LogP contribution in [0.3, 0.4) is 0 Å². The summed E-state index contributed by atoms with van der Waals surface area (Å²) in [5.74, 6) is 2.25. The number of nitrogens with zero attached hydrogens (tertiary/aromatic N) is 1. The fourth-order valence-corrected chi connectivity index (χ4v) is 4.61. The third-order valence-corrected chi connectivity index (χ3v) is 6.96. The van der Waals surface area contributed by atoms with E-state index in [1.165, 1.54) is 0 Å². The Morgan fingerprint density at radius 2 is 1.86 bits per heavy atom. The molecule has 0 aromatic heterocycles. The van der Waals surface area contributed by atoms with Gasteiger partial charge in [0.05, 0.1) is 6.61 Å². The van der Waals surface area contributed by atoms with Crippen molar-refractivity contribution in [2.24, 2.45) is 4.99 Å². The molecular weight excluding hydrogens is 540 g/mol. The Bertz CT molecular complexity index is 1300. The molecule has 2 heterocycles. The first-order valence-electron chi connectivity index (χ1n) is 12.0. The highest BCUT2D eigenvalue weighted by molar-refractivity contribution is 9.10. The van der Waals surface area contributed by atoms with Crippen LogP contribution in [0.2, 0.25) is 0 Å². The molecule has 0 fully saturated rings. The summed E-state index contributed by atoms with van der Waals surface area (Å²) in [5.41, 5.74) is 1.48. The Morgan fingerprint density at radius 1 is 1.05 bits per heavy atom. The van der Waals surface area contributed by atoms with Crippen LogP contribution in [0.1, 0.15) is 23.1 Å². The minimum atomic E-state index is -1.13. The Kier molecular flexibility index (Phi) is 7.62. The van der Waals surface area contributed by atoms with Crippen LogP contribution in [-0.4, -0.2) is 49.1 Å². The van der Waals surface area contributed by atoms with Crippen LogP contribution in [0.25, 0.3) is 0 Å². The number of aliphatic imine (C=N–C) groups is 1. The van der Waals surface area contributed by atoms with Crippen LogP contribution >= 0.6 is 15.9 Å². The molecule has 2 N–H and O–H groups in total. The summed E-state index contributed by atoms with van der Waals surface area (Å²) in [6.07, 6.45) is 0.934. The van der Waals surface area contributed by atoms with E-state index in [-0.39, 0.29) is 25.9 Å². The molecule has 0 aliphatic carbocycles. The van der Waals surface area contributed by atoms with Crippen molar-refractivity contribution in [1.29, 1.82) is 0 Å². The molecule has 0 spiro atoms. The fourth-order valence-electron chi connectivity index (χ4n) is 4.18. The van der Waals surface area contributed by atoms with Gasteiger partial charge < -0.3 is 29.4 Å². The molecule has 3 aromatic carbocycles. The standard InChI is InChI=1S/C28H27BrN2O6/c29-23-5-2-1-4-21(23)15-28(27(33)30-16-19-6-11-24-25(14-19)37-18-36-24)17-35-26(31-28)20-7-9-22(10-8-20)34-13-3-12-32/h1-2,4-11,14,32H,3,12-13,15-18H2,(H,30,33)/t28-/m1/s1. The molecule has 0 saturated carbocycles. The van der Waals surface area contributed by atoms with Crippen molar-refractivity contribution < 1.29 is 28.8 Å². The number of carbonyl (C=O) groups is 1. The van der Waals surface area contributed by atoms with Crippen LogP contribution in [0.4, 0.5) is 0 Å². The number of nitrogens with one attached hydrogen (secondary N) is 1. The molecule has 9 heteroatoms. The van der Waals surface area contributed by atoms with E-state index in [4.69, 9.17) is 29.0 Å². The van der Waals surface area contributed by atoms with Crippen molar-refractivity contribution in [3.63, 3.8) is 0 Å². The van der Waals surface area contributed by atoms with E-state index >= 15 is 0 Å². The monoisotopic (exact) mass is 566 g/mol. The number of aliphatic hydroxyl groups is 1. The van der Waals surface area contributed by atoms with Gasteiger partial charge in [-0.25, -0.2) is 4.99 Å². The summed E-state index contributed by atoms with van der Waals surface area (Å²) >= 11 is 3.60. The van der Waals surface area contributed by atoms with Gasteiger partial charge >= 0.3 is 0 Å². The lowest BCUT2D eigenvalue weighted by molar-refractivity contribution is -0.126. The summed E-state index contributed by atoms with van der Waals surface area (Å²) in [6.45, 7) is 1.15. The molecule has 0 bridgehead atoms. The topological polar surface area (TPSA) is 98.6 Å². The number of amides is 1. The molecule has 2 aliphatic rings. The number of aliphatic hydroxyl groups excluding tert-OH is 1. The Balaban J connectivity index is 1.36. The first-order valence-corrected chi connectivity index (χ1v) is 12.8. The molecule has 2 aliphatic heterocycles. The molecule has 3 aromatic rings.